The number of fused-ring (bicyclic) bond motifs is 1. The van der Waals surface area contributed by atoms with Crippen LogP contribution in [0.15, 0.2) is 18.2 Å². The van der Waals surface area contributed by atoms with Crippen LogP contribution in [-0.4, -0.2) is 11.6 Å². The second-order valence-corrected chi connectivity index (χ2v) is 4.74. The average Bonchev–Trinajstić information content (AvgIpc) is 2.54. The highest BCUT2D eigenvalue weighted by atomic mass is 19.1. The van der Waals surface area contributed by atoms with E-state index in [9.17, 15) is 4.39 Å². The molecule has 1 aromatic carbocycles. The van der Waals surface area contributed by atoms with Gasteiger partial charge < -0.3 is 9.88 Å². The van der Waals surface area contributed by atoms with E-state index in [2.05, 4.69) is 19.2 Å². The van der Waals surface area contributed by atoms with Crippen LogP contribution in [0.1, 0.15) is 31.0 Å². The predicted octanol–water partition coefficient (Wildman–Crippen LogP) is 3.16. The molecule has 0 aliphatic rings. The number of hydrogen-bond acceptors (Lipinski definition) is 1. The van der Waals surface area contributed by atoms with E-state index < -0.39 is 0 Å². The monoisotopic (exact) mass is 234 g/mol. The number of aromatic nitrogens is 1. The molecule has 3 heteroatoms. The molecule has 17 heavy (non-hydrogen) atoms. The van der Waals surface area contributed by atoms with Gasteiger partial charge in [0.2, 0.25) is 0 Å². The molecule has 0 saturated carbocycles. The van der Waals surface area contributed by atoms with Crippen LogP contribution in [0.5, 0.6) is 0 Å². The van der Waals surface area contributed by atoms with E-state index >= 15 is 0 Å². The summed E-state index contributed by atoms with van der Waals surface area (Å²) in [5.74, 6) is 0.248. The van der Waals surface area contributed by atoms with Gasteiger partial charge in [-0.1, -0.05) is 26.0 Å². The zero-order valence-corrected chi connectivity index (χ0v) is 10.8. The molecule has 0 saturated heterocycles. The maximum Gasteiger partial charge on any atom is 0.147 e. The van der Waals surface area contributed by atoms with Gasteiger partial charge in [-0.05, 0) is 24.6 Å². The van der Waals surface area contributed by atoms with E-state index in [-0.39, 0.29) is 5.82 Å². The maximum absolute atomic E-state index is 13.9. The molecule has 0 spiro atoms. The van der Waals surface area contributed by atoms with E-state index in [4.69, 9.17) is 0 Å². The van der Waals surface area contributed by atoms with Gasteiger partial charge in [-0.25, -0.2) is 4.39 Å². The molecular weight excluding hydrogens is 215 g/mol. The first-order valence-electron chi connectivity index (χ1n) is 5.98. The van der Waals surface area contributed by atoms with Crippen molar-refractivity contribution in [1.29, 1.82) is 0 Å². The molecule has 1 heterocycles. The van der Waals surface area contributed by atoms with E-state index in [1.807, 2.05) is 24.7 Å². The summed E-state index contributed by atoms with van der Waals surface area (Å²) >= 11 is 0. The molecule has 92 valence electrons. The number of para-hydroxylation sites is 1. The molecule has 2 aromatic rings. The summed E-state index contributed by atoms with van der Waals surface area (Å²) < 4.78 is 15.9. The van der Waals surface area contributed by atoms with Gasteiger partial charge in [0.15, 0.2) is 0 Å². The highest BCUT2D eigenvalue weighted by molar-refractivity contribution is 5.86. The lowest BCUT2D eigenvalue weighted by Crippen LogP contribution is -2.11. The summed E-state index contributed by atoms with van der Waals surface area (Å²) in [5, 5.41) is 4.19. The van der Waals surface area contributed by atoms with Gasteiger partial charge in [-0.3, -0.25) is 0 Å². The first kappa shape index (κ1) is 12.1. The van der Waals surface area contributed by atoms with E-state index in [0.717, 1.165) is 11.9 Å². The Labute approximate surface area is 101 Å². The Morgan fingerprint density at radius 2 is 2.06 bits per heavy atom. The van der Waals surface area contributed by atoms with Crippen molar-refractivity contribution in [3.8, 4) is 0 Å². The van der Waals surface area contributed by atoms with E-state index in [1.165, 1.54) is 17.3 Å². The third-order valence-electron chi connectivity index (χ3n) is 3.25. The maximum atomic E-state index is 13.9. The zero-order valence-electron chi connectivity index (χ0n) is 10.8. The quantitative estimate of drug-likeness (QED) is 0.863. The Balaban J connectivity index is 2.83. The molecule has 0 amide bonds. The molecule has 0 radical (unpaired) electrons. The van der Waals surface area contributed by atoms with Crippen LogP contribution < -0.4 is 5.32 Å². The number of benzene rings is 1. The molecule has 0 unspecified atom stereocenters. The van der Waals surface area contributed by atoms with Crippen molar-refractivity contribution in [2.45, 2.75) is 26.3 Å². The molecule has 0 bridgehead atoms. The Morgan fingerprint density at radius 3 is 2.65 bits per heavy atom. The number of rotatable bonds is 3. The number of hydrogen-bond donors (Lipinski definition) is 1. The van der Waals surface area contributed by atoms with Crippen molar-refractivity contribution in [3.05, 3.63) is 35.3 Å². The molecular formula is C14H19FN2. The normalized spacial score (nSPS) is 11.6. The molecule has 1 N–H and O–H groups in total. The van der Waals surface area contributed by atoms with E-state index in [0.29, 0.717) is 11.4 Å². The fraction of sp³-hybridized carbons (Fsp3) is 0.429. The summed E-state index contributed by atoms with van der Waals surface area (Å²) in [5.41, 5.74) is 3.13. The molecule has 0 aliphatic carbocycles. The summed E-state index contributed by atoms with van der Waals surface area (Å²) in [7, 11) is 3.85. The van der Waals surface area contributed by atoms with Crippen LogP contribution in [0, 0.1) is 5.82 Å². The fourth-order valence-corrected chi connectivity index (χ4v) is 2.57. The minimum atomic E-state index is -0.144. The molecule has 0 aliphatic heterocycles. The second-order valence-electron chi connectivity index (χ2n) is 4.74. The van der Waals surface area contributed by atoms with Gasteiger partial charge in [0.25, 0.3) is 0 Å². The van der Waals surface area contributed by atoms with Crippen molar-refractivity contribution in [2.24, 2.45) is 7.05 Å². The lowest BCUT2D eigenvalue weighted by molar-refractivity contribution is 0.628. The van der Waals surface area contributed by atoms with E-state index in [1.54, 1.807) is 6.07 Å². The molecule has 1 aromatic heterocycles. The van der Waals surface area contributed by atoms with Gasteiger partial charge in [0.05, 0.1) is 5.52 Å². The minimum absolute atomic E-state index is 0.144. The highest BCUT2D eigenvalue weighted by Crippen LogP contribution is 2.32. The van der Waals surface area contributed by atoms with Crippen molar-refractivity contribution >= 4 is 10.9 Å². The van der Waals surface area contributed by atoms with Crippen molar-refractivity contribution in [2.75, 3.05) is 7.05 Å². The first-order valence-corrected chi connectivity index (χ1v) is 5.98. The summed E-state index contributed by atoms with van der Waals surface area (Å²) in [6, 6.07) is 5.31. The standard InChI is InChI=1S/C14H19FN2/c1-9(2)13-10-6-5-7-11(15)14(10)17(4)12(13)8-16-3/h5-7,9,16H,8H2,1-4H3. The van der Waals surface area contributed by atoms with Gasteiger partial charge in [0, 0.05) is 24.7 Å². The third-order valence-corrected chi connectivity index (χ3v) is 3.25. The van der Waals surface area contributed by atoms with Gasteiger partial charge >= 0.3 is 0 Å². The Morgan fingerprint density at radius 1 is 1.35 bits per heavy atom. The van der Waals surface area contributed by atoms with Crippen LogP contribution in [0.2, 0.25) is 0 Å². The van der Waals surface area contributed by atoms with Crippen molar-refractivity contribution in [3.63, 3.8) is 0 Å². The van der Waals surface area contributed by atoms with Gasteiger partial charge in [-0.2, -0.15) is 0 Å². The second kappa shape index (κ2) is 4.49. The lowest BCUT2D eigenvalue weighted by atomic mass is 9.99. The molecule has 0 fully saturated rings. The Hall–Kier alpha value is -1.35. The predicted molar refractivity (Wildman–Crippen MR) is 69.7 cm³/mol. The number of halogens is 1. The van der Waals surface area contributed by atoms with Gasteiger partial charge in [0.1, 0.15) is 5.82 Å². The SMILES string of the molecule is CNCc1c(C(C)C)c2cccc(F)c2n1C. The van der Waals surface area contributed by atoms with Crippen LogP contribution >= 0.6 is 0 Å². The lowest BCUT2D eigenvalue weighted by Gasteiger charge is -2.09. The highest BCUT2D eigenvalue weighted by Gasteiger charge is 2.18. The molecule has 2 rings (SSSR count). The Kier molecular flexibility index (Phi) is 3.20. The van der Waals surface area contributed by atoms with Crippen LogP contribution in [0.3, 0.4) is 0 Å². The van der Waals surface area contributed by atoms with Gasteiger partial charge in [-0.15, -0.1) is 0 Å². The number of nitrogens with one attached hydrogen (secondary N) is 1. The minimum Gasteiger partial charge on any atom is -0.344 e. The smallest absolute Gasteiger partial charge is 0.147 e. The van der Waals surface area contributed by atoms with Crippen molar-refractivity contribution < 1.29 is 4.39 Å². The number of aryl methyl sites for hydroxylation is 1. The average molecular weight is 234 g/mol. The number of nitrogens with zero attached hydrogens (tertiary/aromatic N) is 1. The van der Waals surface area contributed by atoms with Crippen LogP contribution in [0.4, 0.5) is 4.39 Å². The Bertz CT molecular complexity index is 541. The van der Waals surface area contributed by atoms with Crippen molar-refractivity contribution in [1.82, 2.24) is 9.88 Å². The van der Waals surface area contributed by atoms with Crippen LogP contribution in [0.25, 0.3) is 10.9 Å². The summed E-state index contributed by atoms with van der Waals surface area (Å²) in [4.78, 5) is 0. The topological polar surface area (TPSA) is 17.0 Å². The fourth-order valence-electron chi connectivity index (χ4n) is 2.57. The summed E-state index contributed by atoms with van der Waals surface area (Å²) in [6.45, 7) is 5.07. The largest absolute Gasteiger partial charge is 0.344 e. The van der Waals surface area contributed by atoms with Crippen LogP contribution in [-0.2, 0) is 13.6 Å². The zero-order chi connectivity index (χ0) is 12.6. The first-order chi connectivity index (χ1) is 8.07. The molecule has 2 nitrogen and oxygen atoms in total. The molecule has 0 atom stereocenters. The third kappa shape index (κ3) is 1.84. The summed E-state index contributed by atoms with van der Waals surface area (Å²) in [6.07, 6.45) is 0.